The zero-order valence-electron chi connectivity index (χ0n) is 21.3. The molecule has 0 N–H and O–H groups in total. The van der Waals surface area contributed by atoms with Crippen LogP contribution in [-0.2, 0) is 9.53 Å². The predicted octanol–water partition coefficient (Wildman–Crippen LogP) is 4.94. The molecule has 0 amide bonds. The molecule has 2 aromatic heterocycles. The summed E-state index contributed by atoms with van der Waals surface area (Å²) in [7, 11) is 1.59. The second-order valence-electron chi connectivity index (χ2n) is 8.88. The molecule has 0 aliphatic carbocycles. The SMILES string of the molecule is COc1ccc([C@@H]2C(C(=O)OC(C)C)=C(C)N=c3sc(=Cc4ccc(Sc5ccccc5)o4)c(=O)n32)cc1. The summed E-state index contributed by atoms with van der Waals surface area (Å²) in [6.07, 6.45) is 1.40. The van der Waals surface area contributed by atoms with Crippen molar-refractivity contribution in [3.63, 3.8) is 0 Å². The van der Waals surface area contributed by atoms with Gasteiger partial charge in [0.1, 0.15) is 11.5 Å². The van der Waals surface area contributed by atoms with Crippen LogP contribution < -0.4 is 19.6 Å². The summed E-state index contributed by atoms with van der Waals surface area (Å²) in [5.41, 5.74) is 1.35. The number of carbonyl (C=O) groups excluding carboxylic acids is 1. The molecule has 1 aliphatic heterocycles. The van der Waals surface area contributed by atoms with Crippen molar-refractivity contribution in [1.29, 1.82) is 0 Å². The topological polar surface area (TPSA) is 83.0 Å². The molecule has 9 heteroatoms. The van der Waals surface area contributed by atoms with E-state index in [0.717, 1.165) is 15.6 Å². The van der Waals surface area contributed by atoms with Crippen molar-refractivity contribution in [2.24, 2.45) is 4.99 Å². The van der Waals surface area contributed by atoms with Gasteiger partial charge in [0.25, 0.3) is 5.56 Å². The monoisotopic (exact) mass is 546 g/mol. The van der Waals surface area contributed by atoms with Crippen molar-refractivity contribution >= 4 is 35.1 Å². The van der Waals surface area contributed by atoms with Crippen molar-refractivity contribution in [2.75, 3.05) is 7.11 Å². The maximum Gasteiger partial charge on any atom is 0.338 e. The Balaban J connectivity index is 1.58. The van der Waals surface area contributed by atoms with Crippen LogP contribution in [0.25, 0.3) is 6.08 Å². The van der Waals surface area contributed by atoms with Gasteiger partial charge in [-0.2, -0.15) is 0 Å². The minimum atomic E-state index is -0.689. The number of nitrogens with zero attached hydrogens (tertiary/aromatic N) is 2. The van der Waals surface area contributed by atoms with Gasteiger partial charge in [-0.05, 0) is 62.7 Å². The Morgan fingerprint density at radius 2 is 1.84 bits per heavy atom. The number of fused-ring (bicyclic) bond motifs is 1. The van der Waals surface area contributed by atoms with Crippen LogP contribution in [0, 0.1) is 0 Å². The van der Waals surface area contributed by atoms with Crippen LogP contribution in [0.2, 0.25) is 0 Å². The molecule has 0 bridgehead atoms. The Morgan fingerprint density at radius 3 is 2.53 bits per heavy atom. The summed E-state index contributed by atoms with van der Waals surface area (Å²) >= 11 is 2.76. The van der Waals surface area contributed by atoms with Gasteiger partial charge in [0.05, 0.1) is 35.1 Å². The molecule has 0 radical (unpaired) electrons. The number of furan rings is 1. The van der Waals surface area contributed by atoms with Gasteiger partial charge in [-0.15, -0.1) is 0 Å². The van der Waals surface area contributed by atoms with Gasteiger partial charge in [-0.1, -0.05) is 53.4 Å². The Kier molecular flexibility index (Phi) is 7.40. The van der Waals surface area contributed by atoms with E-state index in [4.69, 9.17) is 13.9 Å². The van der Waals surface area contributed by atoms with Gasteiger partial charge in [-0.3, -0.25) is 9.36 Å². The zero-order valence-corrected chi connectivity index (χ0v) is 23.0. The van der Waals surface area contributed by atoms with E-state index in [1.807, 2.05) is 54.6 Å². The normalized spacial score (nSPS) is 15.4. The Labute approximate surface area is 227 Å². The average molecular weight is 547 g/mol. The molecular formula is C29H26N2O5S2. The number of allylic oxidation sites excluding steroid dienone is 1. The first-order chi connectivity index (χ1) is 18.3. The van der Waals surface area contributed by atoms with E-state index < -0.39 is 12.0 Å². The molecule has 7 nitrogen and oxygen atoms in total. The van der Waals surface area contributed by atoms with E-state index in [0.29, 0.717) is 32.1 Å². The molecule has 0 saturated heterocycles. The van der Waals surface area contributed by atoms with Crippen LogP contribution in [-0.4, -0.2) is 23.8 Å². The number of thiazole rings is 1. The Hall–Kier alpha value is -3.82. The molecule has 194 valence electrons. The zero-order chi connectivity index (χ0) is 26.8. The van der Waals surface area contributed by atoms with E-state index in [1.165, 1.54) is 23.1 Å². The molecule has 5 rings (SSSR count). The molecule has 1 atom stereocenters. The molecule has 0 saturated carbocycles. The van der Waals surface area contributed by atoms with Crippen molar-refractivity contribution in [3.05, 3.63) is 109 Å². The van der Waals surface area contributed by atoms with Gasteiger partial charge in [0.2, 0.25) is 0 Å². The van der Waals surface area contributed by atoms with Gasteiger partial charge < -0.3 is 13.9 Å². The number of aromatic nitrogens is 1. The molecule has 38 heavy (non-hydrogen) atoms. The van der Waals surface area contributed by atoms with E-state index >= 15 is 0 Å². The first-order valence-corrected chi connectivity index (χ1v) is 13.7. The third kappa shape index (κ3) is 5.25. The number of rotatable bonds is 7. The maximum atomic E-state index is 13.8. The minimum Gasteiger partial charge on any atom is -0.497 e. The van der Waals surface area contributed by atoms with Crippen molar-refractivity contribution < 1.29 is 18.7 Å². The summed E-state index contributed by atoms with van der Waals surface area (Å²) in [5, 5.41) is 0.723. The first-order valence-electron chi connectivity index (χ1n) is 12.0. The lowest BCUT2D eigenvalue weighted by Crippen LogP contribution is -2.40. The standard InChI is InChI=1S/C29H26N2O5S2/c1-17(2)35-28(33)25-18(3)30-29-31(26(25)19-10-12-20(34-4)13-11-19)27(32)23(38-29)16-21-14-15-24(36-21)37-22-8-6-5-7-9-22/h5-17,26H,1-4H3/t26-/m1/s1. The third-order valence-electron chi connectivity index (χ3n) is 5.85. The number of hydrogen-bond donors (Lipinski definition) is 0. The van der Waals surface area contributed by atoms with Crippen LogP contribution >= 0.6 is 23.1 Å². The lowest BCUT2D eigenvalue weighted by molar-refractivity contribution is -0.143. The number of ether oxygens (including phenoxy) is 2. The van der Waals surface area contributed by atoms with Gasteiger partial charge in [0.15, 0.2) is 9.89 Å². The number of benzene rings is 2. The molecular weight excluding hydrogens is 520 g/mol. The second kappa shape index (κ2) is 10.9. The summed E-state index contributed by atoms with van der Waals surface area (Å²) in [6, 6.07) is 20.3. The smallest absolute Gasteiger partial charge is 0.338 e. The fourth-order valence-corrected chi connectivity index (χ4v) is 5.99. The highest BCUT2D eigenvalue weighted by atomic mass is 32.2. The van der Waals surface area contributed by atoms with Gasteiger partial charge >= 0.3 is 5.97 Å². The molecule has 3 heterocycles. The summed E-state index contributed by atoms with van der Waals surface area (Å²) in [5.74, 6) is 0.741. The fraction of sp³-hybridized carbons (Fsp3) is 0.207. The van der Waals surface area contributed by atoms with Crippen molar-refractivity contribution in [1.82, 2.24) is 4.57 Å². The van der Waals surface area contributed by atoms with Gasteiger partial charge in [0, 0.05) is 11.0 Å². The fourth-order valence-electron chi connectivity index (χ4n) is 4.16. The summed E-state index contributed by atoms with van der Waals surface area (Å²) < 4.78 is 18.8. The minimum absolute atomic E-state index is 0.259. The number of esters is 1. The summed E-state index contributed by atoms with van der Waals surface area (Å²) in [4.78, 5) is 33.1. The van der Waals surface area contributed by atoms with E-state index in [9.17, 15) is 9.59 Å². The van der Waals surface area contributed by atoms with Crippen LogP contribution in [0.5, 0.6) is 5.75 Å². The molecule has 2 aromatic carbocycles. The Bertz CT molecular complexity index is 1680. The highest BCUT2D eigenvalue weighted by Crippen LogP contribution is 2.32. The summed E-state index contributed by atoms with van der Waals surface area (Å²) in [6.45, 7) is 5.35. The van der Waals surface area contributed by atoms with Crippen molar-refractivity contribution in [2.45, 2.75) is 42.9 Å². The number of methoxy groups -OCH3 is 1. The third-order valence-corrected chi connectivity index (χ3v) is 7.76. The maximum absolute atomic E-state index is 13.8. The highest BCUT2D eigenvalue weighted by Gasteiger charge is 2.33. The number of carbonyl (C=O) groups is 1. The van der Waals surface area contributed by atoms with E-state index in [-0.39, 0.29) is 11.7 Å². The Morgan fingerprint density at radius 1 is 1.11 bits per heavy atom. The van der Waals surface area contributed by atoms with Crippen LogP contribution in [0.3, 0.4) is 0 Å². The first kappa shape index (κ1) is 25.8. The van der Waals surface area contributed by atoms with Crippen LogP contribution in [0.4, 0.5) is 0 Å². The largest absolute Gasteiger partial charge is 0.497 e. The molecule has 1 aliphatic rings. The molecule has 0 fully saturated rings. The average Bonchev–Trinajstić information content (AvgIpc) is 3.46. The molecule has 4 aromatic rings. The van der Waals surface area contributed by atoms with Crippen LogP contribution in [0.1, 0.15) is 38.1 Å². The number of hydrogen-bond acceptors (Lipinski definition) is 8. The van der Waals surface area contributed by atoms with Gasteiger partial charge in [-0.25, -0.2) is 9.79 Å². The molecule has 0 spiro atoms. The quantitative estimate of drug-likeness (QED) is 0.306. The van der Waals surface area contributed by atoms with Crippen molar-refractivity contribution in [3.8, 4) is 5.75 Å². The predicted molar refractivity (Wildman–Crippen MR) is 147 cm³/mol. The van der Waals surface area contributed by atoms with Crippen LogP contribution in [0.15, 0.2) is 102 Å². The lowest BCUT2D eigenvalue weighted by atomic mass is 9.96. The second-order valence-corrected chi connectivity index (χ2v) is 11.0. The van der Waals surface area contributed by atoms with E-state index in [1.54, 1.807) is 50.7 Å². The molecule has 0 unspecified atom stereocenters. The lowest BCUT2D eigenvalue weighted by Gasteiger charge is -2.25. The highest BCUT2D eigenvalue weighted by molar-refractivity contribution is 7.99. The van der Waals surface area contributed by atoms with E-state index in [2.05, 4.69) is 4.99 Å².